The molecule has 1 unspecified atom stereocenters. The molecule has 0 amide bonds. The molecule has 0 bridgehead atoms. The minimum Gasteiger partial charge on any atom is -0.266 e. The van der Waals surface area contributed by atoms with E-state index in [4.69, 9.17) is 0 Å². The van der Waals surface area contributed by atoms with Gasteiger partial charge in [-0.3, -0.25) is 6.08 Å². The summed E-state index contributed by atoms with van der Waals surface area (Å²) in [4.78, 5) is 0. The summed E-state index contributed by atoms with van der Waals surface area (Å²) in [7, 11) is 1.08. The molecule has 0 saturated carbocycles. The van der Waals surface area contributed by atoms with E-state index in [-0.39, 0.29) is 51.0 Å². The Hall–Kier alpha value is -1.57. The van der Waals surface area contributed by atoms with Crippen LogP contribution in [0.2, 0.25) is 13.1 Å². The molecular formula is C36H42Cl2SiZr. The Morgan fingerprint density at radius 2 is 1.43 bits per heavy atom. The second-order valence-corrected chi connectivity index (χ2v) is 11.5. The van der Waals surface area contributed by atoms with Crippen molar-refractivity contribution >= 4 is 45.1 Å². The first-order chi connectivity index (χ1) is 17.8. The van der Waals surface area contributed by atoms with Gasteiger partial charge in [0, 0.05) is 9.52 Å². The van der Waals surface area contributed by atoms with Crippen LogP contribution in [0.25, 0.3) is 33.0 Å². The molecule has 40 heavy (non-hydrogen) atoms. The van der Waals surface area contributed by atoms with Gasteiger partial charge in [-0.25, -0.2) is 5.57 Å². The van der Waals surface area contributed by atoms with Gasteiger partial charge in [-0.05, 0) is 36.0 Å². The molecule has 2 radical (unpaired) electrons. The molecule has 4 heteroatoms. The van der Waals surface area contributed by atoms with E-state index in [1.165, 1.54) is 74.6 Å². The molecule has 4 aromatic carbocycles. The van der Waals surface area contributed by atoms with Crippen molar-refractivity contribution in [1.82, 2.24) is 0 Å². The Bertz CT molecular complexity index is 1450. The quantitative estimate of drug-likeness (QED) is 0.148. The molecule has 0 aromatic heterocycles. The van der Waals surface area contributed by atoms with E-state index in [9.17, 15) is 0 Å². The fourth-order valence-corrected chi connectivity index (χ4v) is 5.61. The van der Waals surface area contributed by atoms with Crippen molar-refractivity contribution in [3.63, 3.8) is 0 Å². The molecule has 1 atom stereocenters. The first-order valence-corrected chi connectivity index (χ1v) is 15.6. The van der Waals surface area contributed by atoms with E-state index in [0.717, 1.165) is 9.52 Å². The fraction of sp³-hybridized carbons (Fsp3) is 0.306. The third-order valence-corrected chi connectivity index (χ3v) is 7.75. The maximum absolute atomic E-state index is 3.36. The average Bonchev–Trinajstić information content (AvgIpc) is 3.58. The van der Waals surface area contributed by atoms with Crippen LogP contribution in [0.3, 0.4) is 0 Å². The van der Waals surface area contributed by atoms with Gasteiger partial charge in [0.2, 0.25) is 0 Å². The zero-order valence-corrected chi connectivity index (χ0v) is 30.0. The summed E-state index contributed by atoms with van der Waals surface area (Å²) in [5, 5.41) is 2.82. The van der Waals surface area contributed by atoms with Crippen LogP contribution in [0.1, 0.15) is 50.8 Å². The molecule has 0 nitrogen and oxygen atoms in total. The largest absolute Gasteiger partial charge is 2.00 e. The summed E-state index contributed by atoms with van der Waals surface area (Å²) in [5.41, 5.74) is 14.2. The summed E-state index contributed by atoms with van der Waals surface area (Å²) in [6.45, 7) is 15.2. The van der Waals surface area contributed by atoms with Gasteiger partial charge >= 0.3 is 26.2 Å². The van der Waals surface area contributed by atoms with Crippen molar-refractivity contribution < 1.29 is 26.2 Å². The standard InChI is InChI=1S/C25H21.C9H13.C2H6Si.2ClH.Zr/c1-17-14-20-16-19-10-7-13-22(19)25(24(20)15-17)23-12-6-5-11-21(23)18-8-3-2-4-9-18;1-6-5-7(2)9(4)8(6)3;1-3-2;;;/h2-6,8-9,11-12,14-16H,7,10,13H2,1H3;6H,1-4H3;1-2H3;2*1H;/q2*-1;;;;+2. The van der Waals surface area contributed by atoms with Gasteiger partial charge in [0.1, 0.15) is 0 Å². The number of benzene rings is 3. The normalized spacial score (nSPS) is 14.9. The Morgan fingerprint density at radius 3 is 1.98 bits per heavy atom. The smallest absolute Gasteiger partial charge is 0.266 e. The third-order valence-electron chi connectivity index (χ3n) is 7.75. The second-order valence-electron chi connectivity index (χ2n) is 10.5. The topological polar surface area (TPSA) is 0 Å². The fourth-order valence-electron chi connectivity index (χ4n) is 5.61. The van der Waals surface area contributed by atoms with E-state index in [1.807, 2.05) is 0 Å². The Balaban J connectivity index is 0.000000456. The minimum atomic E-state index is 0. The van der Waals surface area contributed by atoms with Crippen molar-refractivity contribution in [3.05, 3.63) is 112 Å². The summed E-state index contributed by atoms with van der Waals surface area (Å²) >= 11 is 0. The van der Waals surface area contributed by atoms with Crippen LogP contribution < -0.4 is 0 Å². The molecule has 4 aromatic rings. The third kappa shape index (κ3) is 8.04. The van der Waals surface area contributed by atoms with Crippen LogP contribution in [0.4, 0.5) is 0 Å². The molecule has 0 saturated heterocycles. The van der Waals surface area contributed by atoms with Crippen LogP contribution >= 0.6 is 24.8 Å². The van der Waals surface area contributed by atoms with Crippen molar-refractivity contribution in [1.29, 1.82) is 0 Å². The minimum absolute atomic E-state index is 0. The Morgan fingerprint density at radius 1 is 0.825 bits per heavy atom. The summed E-state index contributed by atoms with van der Waals surface area (Å²) in [6, 6.07) is 26.8. The van der Waals surface area contributed by atoms with Crippen molar-refractivity contribution in [2.45, 2.75) is 67.0 Å². The van der Waals surface area contributed by atoms with Crippen LogP contribution in [-0.4, -0.2) is 9.52 Å². The molecular weight excluding hydrogens is 623 g/mol. The van der Waals surface area contributed by atoms with Crippen molar-refractivity contribution in [2.75, 3.05) is 0 Å². The number of aryl methyl sites for hydroxylation is 2. The number of hydrogen-bond donors (Lipinski definition) is 0. The Labute approximate surface area is 276 Å². The Kier molecular flexibility index (Phi) is 15.3. The number of hydrogen-bond acceptors (Lipinski definition) is 0. The predicted molar refractivity (Wildman–Crippen MR) is 179 cm³/mol. The van der Waals surface area contributed by atoms with Gasteiger partial charge in [0.15, 0.2) is 0 Å². The van der Waals surface area contributed by atoms with E-state index in [2.05, 4.69) is 127 Å². The number of fused-ring (bicyclic) bond motifs is 2. The van der Waals surface area contributed by atoms with Crippen molar-refractivity contribution in [2.24, 2.45) is 5.92 Å². The predicted octanol–water partition coefficient (Wildman–Crippen LogP) is 11.0. The van der Waals surface area contributed by atoms with Crippen LogP contribution in [0, 0.1) is 18.9 Å². The second kappa shape index (κ2) is 16.8. The van der Waals surface area contributed by atoms with Gasteiger partial charge < -0.3 is 0 Å². The van der Waals surface area contributed by atoms with Gasteiger partial charge in [-0.15, -0.1) is 60.2 Å². The molecule has 0 fully saturated rings. The molecule has 0 N–H and O–H groups in total. The van der Waals surface area contributed by atoms with Gasteiger partial charge in [-0.1, -0.05) is 118 Å². The molecule has 208 valence electrons. The molecule has 0 aliphatic heterocycles. The van der Waals surface area contributed by atoms with Gasteiger partial charge in [-0.2, -0.15) is 17.2 Å². The molecule has 0 spiro atoms. The zero-order chi connectivity index (χ0) is 26.5. The monoisotopic (exact) mass is 662 g/mol. The van der Waals surface area contributed by atoms with Crippen molar-refractivity contribution in [3.8, 4) is 22.3 Å². The maximum atomic E-state index is 3.36. The maximum Gasteiger partial charge on any atom is 2.00 e. The molecule has 6 rings (SSSR count). The first kappa shape index (κ1) is 36.5. The summed E-state index contributed by atoms with van der Waals surface area (Å²) < 4.78 is 0. The molecule has 0 heterocycles. The van der Waals surface area contributed by atoms with E-state index >= 15 is 0 Å². The van der Waals surface area contributed by atoms with Crippen LogP contribution in [0.15, 0.2) is 89.5 Å². The average molecular weight is 665 g/mol. The number of allylic oxidation sites excluding steroid dienone is 4. The molecule has 2 aliphatic rings. The van der Waals surface area contributed by atoms with E-state index in [1.54, 1.807) is 11.1 Å². The first-order valence-electron chi connectivity index (χ1n) is 13.6. The zero-order valence-electron chi connectivity index (χ0n) is 24.9. The van der Waals surface area contributed by atoms with Gasteiger partial charge in [0.25, 0.3) is 0 Å². The SMILES string of the molecule is CC1=[C-]C(C)C(C)=C1C.C[Si]C.Cc1cc2c(-c3ccccc3-c3ccccc3)c3c(cc2[cH-]1)CCC3.Cl.Cl.[Zr+2]. The molecule has 2 aliphatic carbocycles. The van der Waals surface area contributed by atoms with E-state index in [0.29, 0.717) is 5.92 Å². The number of halogens is 2. The van der Waals surface area contributed by atoms with E-state index < -0.39 is 0 Å². The van der Waals surface area contributed by atoms with Crippen LogP contribution in [-0.2, 0) is 39.0 Å². The summed E-state index contributed by atoms with van der Waals surface area (Å²) in [5.74, 6) is 0.560. The summed E-state index contributed by atoms with van der Waals surface area (Å²) in [6.07, 6.45) is 7.06. The van der Waals surface area contributed by atoms with Gasteiger partial charge in [0.05, 0.1) is 0 Å². The van der Waals surface area contributed by atoms with Crippen LogP contribution in [0.5, 0.6) is 0 Å². The number of rotatable bonds is 2.